The summed E-state index contributed by atoms with van der Waals surface area (Å²) >= 11 is 0. The van der Waals surface area contributed by atoms with E-state index in [1.165, 1.54) is 25.7 Å². The first-order valence-electron chi connectivity index (χ1n) is 6.09. The molecule has 1 fully saturated rings. The van der Waals surface area contributed by atoms with E-state index in [2.05, 4.69) is 5.32 Å². The van der Waals surface area contributed by atoms with Crippen molar-refractivity contribution in [1.82, 2.24) is 0 Å². The molecule has 2 rings (SSSR count). The third-order valence-electron chi connectivity index (χ3n) is 3.08. The molecule has 0 heterocycles. The number of rotatable bonds is 4. The van der Waals surface area contributed by atoms with Crippen molar-refractivity contribution >= 4 is 11.4 Å². The van der Waals surface area contributed by atoms with Gasteiger partial charge in [-0.25, -0.2) is 0 Å². The Hall–Kier alpha value is -1.38. The SMILES string of the molecule is CCOc1cccc(NC2CCCC2)c1N. The number of nitrogens with two attached hydrogens (primary N) is 1. The summed E-state index contributed by atoms with van der Waals surface area (Å²) in [6.45, 7) is 2.62. The quantitative estimate of drug-likeness (QED) is 0.767. The molecule has 3 heteroatoms. The maximum absolute atomic E-state index is 6.06. The molecule has 1 aromatic rings. The lowest BCUT2D eigenvalue weighted by atomic mass is 10.2. The van der Waals surface area contributed by atoms with Gasteiger partial charge in [0.25, 0.3) is 0 Å². The number of hydrogen-bond acceptors (Lipinski definition) is 3. The van der Waals surface area contributed by atoms with E-state index in [0.717, 1.165) is 17.1 Å². The number of anilines is 2. The molecule has 1 aromatic carbocycles. The highest BCUT2D eigenvalue weighted by molar-refractivity contribution is 5.73. The van der Waals surface area contributed by atoms with E-state index in [1.54, 1.807) is 0 Å². The van der Waals surface area contributed by atoms with Crippen LogP contribution < -0.4 is 15.8 Å². The predicted molar refractivity (Wildman–Crippen MR) is 67.9 cm³/mol. The van der Waals surface area contributed by atoms with Crippen molar-refractivity contribution in [3.63, 3.8) is 0 Å². The molecule has 1 aliphatic carbocycles. The molecule has 0 saturated heterocycles. The molecular formula is C13H20N2O. The molecule has 1 saturated carbocycles. The fourth-order valence-corrected chi connectivity index (χ4v) is 2.24. The van der Waals surface area contributed by atoms with Crippen LogP contribution in [0.15, 0.2) is 18.2 Å². The minimum Gasteiger partial charge on any atom is -0.492 e. The summed E-state index contributed by atoms with van der Waals surface area (Å²) in [5, 5.41) is 3.50. The molecule has 0 amide bonds. The lowest BCUT2D eigenvalue weighted by molar-refractivity contribution is 0.342. The van der Waals surface area contributed by atoms with E-state index in [9.17, 15) is 0 Å². The smallest absolute Gasteiger partial charge is 0.144 e. The van der Waals surface area contributed by atoms with Crippen LogP contribution >= 0.6 is 0 Å². The van der Waals surface area contributed by atoms with Gasteiger partial charge in [-0.1, -0.05) is 18.9 Å². The number of benzene rings is 1. The Balaban J connectivity index is 2.10. The molecule has 16 heavy (non-hydrogen) atoms. The average Bonchev–Trinajstić information content (AvgIpc) is 2.77. The highest BCUT2D eigenvalue weighted by Crippen LogP contribution is 2.31. The summed E-state index contributed by atoms with van der Waals surface area (Å²) in [6.07, 6.45) is 5.14. The zero-order valence-corrected chi connectivity index (χ0v) is 9.83. The van der Waals surface area contributed by atoms with Crippen LogP contribution in [0.4, 0.5) is 11.4 Å². The zero-order chi connectivity index (χ0) is 11.4. The van der Waals surface area contributed by atoms with Crippen LogP contribution in [0.5, 0.6) is 5.75 Å². The summed E-state index contributed by atoms with van der Waals surface area (Å²) in [7, 11) is 0. The largest absolute Gasteiger partial charge is 0.492 e. The summed E-state index contributed by atoms with van der Waals surface area (Å²) in [5.74, 6) is 0.783. The zero-order valence-electron chi connectivity index (χ0n) is 9.83. The second kappa shape index (κ2) is 5.10. The Labute approximate surface area is 97.0 Å². The molecule has 0 spiro atoms. The van der Waals surface area contributed by atoms with Crippen molar-refractivity contribution < 1.29 is 4.74 Å². The Bertz CT molecular complexity index is 346. The van der Waals surface area contributed by atoms with Crippen LogP contribution in [-0.4, -0.2) is 12.6 Å². The van der Waals surface area contributed by atoms with Gasteiger partial charge in [0.05, 0.1) is 18.0 Å². The summed E-state index contributed by atoms with van der Waals surface area (Å²) < 4.78 is 5.48. The van der Waals surface area contributed by atoms with Gasteiger partial charge in [-0.3, -0.25) is 0 Å². The maximum Gasteiger partial charge on any atom is 0.144 e. The van der Waals surface area contributed by atoms with E-state index < -0.39 is 0 Å². The van der Waals surface area contributed by atoms with Gasteiger partial charge in [0.1, 0.15) is 5.75 Å². The molecule has 0 radical (unpaired) electrons. The third kappa shape index (κ3) is 2.40. The Kier molecular flexibility index (Phi) is 3.54. The average molecular weight is 220 g/mol. The van der Waals surface area contributed by atoms with Crippen molar-refractivity contribution in [2.75, 3.05) is 17.7 Å². The maximum atomic E-state index is 6.06. The molecule has 0 unspecified atom stereocenters. The lowest BCUT2D eigenvalue weighted by Crippen LogP contribution is -2.15. The fraction of sp³-hybridized carbons (Fsp3) is 0.538. The van der Waals surface area contributed by atoms with Crippen molar-refractivity contribution in [2.45, 2.75) is 38.6 Å². The van der Waals surface area contributed by atoms with E-state index in [1.807, 2.05) is 25.1 Å². The van der Waals surface area contributed by atoms with E-state index in [0.29, 0.717) is 12.6 Å². The first-order valence-corrected chi connectivity index (χ1v) is 6.09. The van der Waals surface area contributed by atoms with Crippen LogP contribution in [0, 0.1) is 0 Å². The van der Waals surface area contributed by atoms with Gasteiger partial charge in [0.15, 0.2) is 0 Å². The van der Waals surface area contributed by atoms with E-state index in [4.69, 9.17) is 10.5 Å². The molecule has 1 aliphatic rings. The number of para-hydroxylation sites is 1. The minimum absolute atomic E-state index is 0.583. The van der Waals surface area contributed by atoms with Gasteiger partial charge < -0.3 is 15.8 Å². The topological polar surface area (TPSA) is 47.3 Å². The van der Waals surface area contributed by atoms with Crippen LogP contribution in [-0.2, 0) is 0 Å². The number of ether oxygens (including phenoxy) is 1. The van der Waals surface area contributed by atoms with Crippen molar-refractivity contribution in [3.8, 4) is 5.75 Å². The van der Waals surface area contributed by atoms with E-state index >= 15 is 0 Å². The molecule has 0 atom stereocenters. The van der Waals surface area contributed by atoms with Gasteiger partial charge in [0, 0.05) is 6.04 Å². The van der Waals surface area contributed by atoms with Crippen LogP contribution in [0.2, 0.25) is 0 Å². The first kappa shape index (κ1) is 11.1. The molecule has 88 valence electrons. The number of nitrogens with one attached hydrogen (secondary N) is 1. The number of nitrogen functional groups attached to an aromatic ring is 1. The van der Waals surface area contributed by atoms with Gasteiger partial charge in [-0.2, -0.15) is 0 Å². The fourth-order valence-electron chi connectivity index (χ4n) is 2.24. The summed E-state index contributed by atoms with van der Waals surface area (Å²) in [6, 6.07) is 6.51. The molecule has 0 aromatic heterocycles. The van der Waals surface area contributed by atoms with Gasteiger partial charge >= 0.3 is 0 Å². The predicted octanol–water partition coefficient (Wildman–Crippen LogP) is 3.02. The van der Waals surface area contributed by atoms with Gasteiger partial charge in [-0.15, -0.1) is 0 Å². The number of hydrogen-bond donors (Lipinski definition) is 2. The van der Waals surface area contributed by atoms with Crippen molar-refractivity contribution in [1.29, 1.82) is 0 Å². The molecular weight excluding hydrogens is 200 g/mol. The molecule has 0 bridgehead atoms. The molecule has 0 aliphatic heterocycles. The normalized spacial score (nSPS) is 16.3. The lowest BCUT2D eigenvalue weighted by Gasteiger charge is -2.17. The van der Waals surface area contributed by atoms with Crippen LogP contribution in [0.25, 0.3) is 0 Å². The Morgan fingerprint density at radius 2 is 2.12 bits per heavy atom. The standard InChI is InChI=1S/C13H20N2O/c1-2-16-12-9-5-8-11(13(12)14)15-10-6-3-4-7-10/h5,8-10,15H,2-4,6-7,14H2,1H3. The van der Waals surface area contributed by atoms with Gasteiger partial charge in [0.2, 0.25) is 0 Å². The van der Waals surface area contributed by atoms with Crippen LogP contribution in [0.1, 0.15) is 32.6 Å². The summed E-state index contributed by atoms with van der Waals surface area (Å²) in [4.78, 5) is 0. The first-order chi connectivity index (χ1) is 7.81. The third-order valence-corrected chi connectivity index (χ3v) is 3.08. The highest BCUT2D eigenvalue weighted by atomic mass is 16.5. The highest BCUT2D eigenvalue weighted by Gasteiger charge is 2.16. The minimum atomic E-state index is 0.583. The Morgan fingerprint density at radius 3 is 2.81 bits per heavy atom. The van der Waals surface area contributed by atoms with Gasteiger partial charge in [-0.05, 0) is 31.9 Å². The second-order valence-corrected chi connectivity index (χ2v) is 4.28. The van der Waals surface area contributed by atoms with Crippen molar-refractivity contribution in [2.24, 2.45) is 0 Å². The second-order valence-electron chi connectivity index (χ2n) is 4.28. The molecule has 3 N–H and O–H groups in total. The summed E-state index contributed by atoms with van der Waals surface area (Å²) in [5.41, 5.74) is 7.80. The Morgan fingerprint density at radius 1 is 1.38 bits per heavy atom. The molecule has 3 nitrogen and oxygen atoms in total. The van der Waals surface area contributed by atoms with Crippen molar-refractivity contribution in [3.05, 3.63) is 18.2 Å². The monoisotopic (exact) mass is 220 g/mol. The van der Waals surface area contributed by atoms with E-state index in [-0.39, 0.29) is 0 Å². The van der Waals surface area contributed by atoms with Crippen LogP contribution in [0.3, 0.4) is 0 Å².